The predicted octanol–water partition coefficient (Wildman–Crippen LogP) is 1.29. The molecule has 1 rings (SSSR count). The van der Waals surface area contributed by atoms with Gasteiger partial charge < -0.3 is 4.52 Å². The molecule has 0 atom stereocenters. The zero-order chi connectivity index (χ0) is 5.98. The maximum atomic E-state index is 5.32. The van der Waals surface area contributed by atoms with Crippen LogP contribution in [0.4, 0.5) is 0 Å². The Balaban J connectivity index is 2.84. The van der Waals surface area contributed by atoms with Crippen LogP contribution in [-0.4, -0.2) is 10.1 Å². The van der Waals surface area contributed by atoms with Crippen molar-refractivity contribution in [2.45, 2.75) is 13.3 Å². The van der Waals surface area contributed by atoms with Gasteiger partial charge in [0.1, 0.15) is 0 Å². The average molecular weight is 133 g/mol. The molecule has 0 saturated heterocycles. The summed E-state index contributed by atoms with van der Waals surface area (Å²) in [5, 5.41) is 3.55. The monoisotopic (exact) mass is 132 g/mol. The Labute approximate surface area is 51.6 Å². The van der Waals surface area contributed by atoms with Crippen LogP contribution in [0.1, 0.15) is 12.8 Å². The van der Waals surface area contributed by atoms with Gasteiger partial charge in [-0.1, -0.05) is 6.92 Å². The summed E-state index contributed by atoms with van der Waals surface area (Å²) in [6, 6.07) is 0. The van der Waals surface area contributed by atoms with E-state index in [1.54, 1.807) is 0 Å². The van der Waals surface area contributed by atoms with Gasteiger partial charge in [-0.3, -0.25) is 0 Å². The fourth-order valence-electron chi connectivity index (χ4n) is 0.378. The zero-order valence-electron chi connectivity index (χ0n) is 4.39. The third-order valence-electron chi connectivity index (χ3n) is 0.746. The minimum absolute atomic E-state index is 0.182. The van der Waals surface area contributed by atoms with Gasteiger partial charge in [-0.15, -0.1) is 0 Å². The highest BCUT2D eigenvalue weighted by atomic mass is 35.5. The van der Waals surface area contributed by atoms with E-state index in [2.05, 4.69) is 14.7 Å². The van der Waals surface area contributed by atoms with E-state index < -0.39 is 0 Å². The first kappa shape index (κ1) is 5.56. The molecule has 0 amide bonds. The molecule has 8 heavy (non-hydrogen) atoms. The van der Waals surface area contributed by atoms with E-state index >= 15 is 0 Å². The highest BCUT2D eigenvalue weighted by Crippen LogP contribution is 2.01. The van der Waals surface area contributed by atoms with Gasteiger partial charge in [0.05, 0.1) is 0 Å². The van der Waals surface area contributed by atoms with E-state index in [0.29, 0.717) is 5.89 Å². The Morgan fingerprint density at radius 3 is 2.75 bits per heavy atom. The van der Waals surface area contributed by atoms with Crippen molar-refractivity contribution in [3.63, 3.8) is 0 Å². The van der Waals surface area contributed by atoms with E-state index in [9.17, 15) is 0 Å². The lowest BCUT2D eigenvalue weighted by molar-refractivity contribution is 0.381. The number of nitrogens with zero attached hydrogens (tertiary/aromatic N) is 2. The topological polar surface area (TPSA) is 38.9 Å². The number of rotatable bonds is 1. The van der Waals surface area contributed by atoms with Gasteiger partial charge in [0.2, 0.25) is 5.89 Å². The van der Waals surface area contributed by atoms with E-state index in [1.165, 1.54) is 0 Å². The first-order valence-electron chi connectivity index (χ1n) is 2.31. The van der Waals surface area contributed by atoms with Crippen molar-refractivity contribution < 1.29 is 4.52 Å². The molecule has 0 aromatic carbocycles. The minimum Gasteiger partial charge on any atom is -0.338 e. The molecule has 0 unspecified atom stereocenters. The molecule has 1 heterocycles. The molecule has 44 valence electrons. The Kier molecular flexibility index (Phi) is 1.48. The number of aromatic nitrogens is 2. The summed E-state index contributed by atoms with van der Waals surface area (Å²) in [5.74, 6) is 0.579. The third-order valence-corrected chi connectivity index (χ3v) is 0.899. The van der Waals surface area contributed by atoms with Gasteiger partial charge in [-0.05, 0) is 16.8 Å². The molecule has 0 radical (unpaired) electrons. The van der Waals surface area contributed by atoms with E-state index in [0.717, 1.165) is 6.42 Å². The SMILES string of the molecule is CCc1nc(Cl)no1. The number of halogens is 1. The maximum absolute atomic E-state index is 5.32. The van der Waals surface area contributed by atoms with E-state index in [-0.39, 0.29) is 5.28 Å². The first-order chi connectivity index (χ1) is 3.83. The maximum Gasteiger partial charge on any atom is 0.263 e. The van der Waals surface area contributed by atoms with Crippen LogP contribution in [0, 0.1) is 0 Å². The van der Waals surface area contributed by atoms with Crippen molar-refractivity contribution in [1.29, 1.82) is 0 Å². The second-order valence-electron chi connectivity index (χ2n) is 1.31. The molecule has 0 bridgehead atoms. The van der Waals surface area contributed by atoms with E-state index in [4.69, 9.17) is 11.6 Å². The van der Waals surface area contributed by atoms with Crippen molar-refractivity contribution in [1.82, 2.24) is 10.1 Å². The summed E-state index contributed by atoms with van der Waals surface area (Å²) in [7, 11) is 0. The summed E-state index contributed by atoms with van der Waals surface area (Å²) in [5.41, 5.74) is 0. The van der Waals surface area contributed by atoms with Crippen molar-refractivity contribution in [3.8, 4) is 0 Å². The summed E-state index contributed by atoms with van der Waals surface area (Å²) in [6.45, 7) is 1.92. The Morgan fingerprint density at radius 1 is 1.75 bits per heavy atom. The molecular weight excluding hydrogens is 128 g/mol. The largest absolute Gasteiger partial charge is 0.338 e. The lowest BCUT2D eigenvalue weighted by Gasteiger charge is -1.74. The smallest absolute Gasteiger partial charge is 0.263 e. The molecular formula is C4H5ClN2O. The molecule has 4 heteroatoms. The molecule has 1 aromatic heterocycles. The van der Waals surface area contributed by atoms with Crippen molar-refractivity contribution in [2.24, 2.45) is 0 Å². The third kappa shape index (κ3) is 0.980. The highest BCUT2D eigenvalue weighted by molar-refractivity contribution is 6.28. The highest BCUT2D eigenvalue weighted by Gasteiger charge is 1.97. The summed E-state index contributed by atoms with van der Waals surface area (Å²) >= 11 is 5.32. The van der Waals surface area contributed by atoms with Gasteiger partial charge >= 0.3 is 0 Å². The fourth-order valence-corrected chi connectivity index (χ4v) is 0.506. The van der Waals surface area contributed by atoms with Crippen LogP contribution < -0.4 is 0 Å². The molecule has 0 aliphatic carbocycles. The first-order valence-corrected chi connectivity index (χ1v) is 2.69. The van der Waals surface area contributed by atoms with Crippen LogP contribution in [0.2, 0.25) is 5.28 Å². The quantitative estimate of drug-likeness (QED) is 0.578. The average Bonchev–Trinajstić information content (AvgIpc) is 2.14. The van der Waals surface area contributed by atoms with E-state index in [1.807, 2.05) is 6.92 Å². The molecule has 0 N–H and O–H groups in total. The molecule has 0 fully saturated rings. The molecule has 0 aliphatic heterocycles. The van der Waals surface area contributed by atoms with Gasteiger partial charge in [0.15, 0.2) is 0 Å². The van der Waals surface area contributed by atoms with Crippen LogP contribution in [0.15, 0.2) is 4.52 Å². The van der Waals surface area contributed by atoms with Crippen molar-refractivity contribution in [3.05, 3.63) is 11.2 Å². The number of aryl methyl sites for hydroxylation is 1. The molecule has 0 saturated carbocycles. The van der Waals surface area contributed by atoms with Crippen LogP contribution in [0.3, 0.4) is 0 Å². The molecule has 0 aliphatic rings. The molecule has 0 spiro atoms. The van der Waals surface area contributed by atoms with Crippen LogP contribution in [0.25, 0.3) is 0 Å². The summed E-state index contributed by atoms with van der Waals surface area (Å²) in [6.07, 6.45) is 0.736. The van der Waals surface area contributed by atoms with Crippen LogP contribution >= 0.6 is 11.6 Å². The molecule has 3 nitrogen and oxygen atoms in total. The van der Waals surface area contributed by atoms with Gasteiger partial charge in [-0.2, -0.15) is 4.98 Å². The molecule has 1 aromatic rings. The Morgan fingerprint density at radius 2 is 2.50 bits per heavy atom. The fraction of sp³-hybridized carbons (Fsp3) is 0.500. The summed E-state index contributed by atoms with van der Waals surface area (Å²) < 4.78 is 4.62. The lowest BCUT2D eigenvalue weighted by Crippen LogP contribution is -1.74. The van der Waals surface area contributed by atoms with Gasteiger partial charge in [0.25, 0.3) is 5.28 Å². The lowest BCUT2D eigenvalue weighted by atomic mass is 10.5. The van der Waals surface area contributed by atoms with Crippen molar-refractivity contribution >= 4 is 11.6 Å². The number of hydrogen-bond donors (Lipinski definition) is 0. The zero-order valence-corrected chi connectivity index (χ0v) is 5.14. The van der Waals surface area contributed by atoms with Crippen LogP contribution in [-0.2, 0) is 6.42 Å². The van der Waals surface area contributed by atoms with Gasteiger partial charge in [-0.25, -0.2) is 0 Å². The normalized spacial score (nSPS) is 9.75. The number of hydrogen-bond acceptors (Lipinski definition) is 3. The second kappa shape index (κ2) is 2.13. The predicted molar refractivity (Wildman–Crippen MR) is 28.7 cm³/mol. The second-order valence-corrected chi connectivity index (χ2v) is 1.65. The Hall–Kier alpha value is -0.570. The Bertz CT molecular complexity index is 174. The van der Waals surface area contributed by atoms with Gasteiger partial charge in [0, 0.05) is 6.42 Å². The summed E-state index contributed by atoms with van der Waals surface area (Å²) in [4.78, 5) is 3.72. The minimum atomic E-state index is 0.182. The van der Waals surface area contributed by atoms with Crippen molar-refractivity contribution in [2.75, 3.05) is 0 Å². The standard InChI is InChI=1S/C4H5ClN2O/c1-2-3-6-4(5)7-8-3/h2H2,1H3. The van der Waals surface area contributed by atoms with Crippen LogP contribution in [0.5, 0.6) is 0 Å².